The van der Waals surface area contributed by atoms with E-state index in [1.165, 1.54) is 17.7 Å². The predicted molar refractivity (Wildman–Crippen MR) is 93.2 cm³/mol. The molecule has 2 heterocycles. The number of hydrogen-bond acceptors (Lipinski definition) is 4. The maximum atomic E-state index is 12.5. The third-order valence-corrected chi connectivity index (χ3v) is 5.23. The number of methoxy groups -OCH3 is 1. The molecule has 0 aliphatic carbocycles. The molecular weight excluding hydrogens is 308 g/mol. The first-order valence-corrected chi connectivity index (χ1v) is 8.86. The van der Waals surface area contributed by atoms with Crippen molar-refractivity contribution in [2.24, 2.45) is 0 Å². The average molecular weight is 330 g/mol. The monoisotopic (exact) mass is 330 g/mol. The quantitative estimate of drug-likeness (QED) is 0.883. The molecule has 0 unspecified atom stereocenters. The van der Waals surface area contributed by atoms with Crippen LogP contribution in [0.4, 0.5) is 0 Å². The lowest BCUT2D eigenvalue weighted by Crippen LogP contribution is -2.36. The molecule has 0 spiro atoms. The Bertz CT molecular complexity index is 636. The molecule has 0 saturated carbocycles. The number of para-hydroxylation sites is 1. The Morgan fingerprint density at radius 3 is 2.74 bits per heavy atom. The van der Waals surface area contributed by atoms with Crippen molar-refractivity contribution in [3.63, 3.8) is 0 Å². The van der Waals surface area contributed by atoms with Crippen LogP contribution >= 0.6 is 11.3 Å². The highest BCUT2D eigenvalue weighted by molar-refractivity contribution is 7.10. The van der Waals surface area contributed by atoms with Crippen LogP contribution in [0, 0.1) is 0 Å². The normalized spacial score (nSPS) is 16.2. The molecule has 122 valence electrons. The van der Waals surface area contributed by atoms with Crippen LogP contribution in [0.15, 0.2) is 41.8 Å². The van der Waals surface area contributed by atoms with E-state index >= 15 is 0 Å². The summed E-state index contributed by atoms with van der Waals surface area (Å²) in [5.41, 5.74) is 0.585. The highest BCUT2D eigenvalue weighted by Crippen LogP contribution is 2.28. The van der Waals surface area contributed by atoms with Gasteiger partial charge < -0.3 is 10.1 Å². The second kappa shape index (κ2) is 7.62. The van der Waals surface area contributed by atoms with Crippen molar-refractivity contribution in [1.82, 2.24) is 10.2 Å². The fourth-order valence-electron chi connectivity index (χ4n) is 3.06. The molecule has 1 aliphatic rings. The molecule has 1 aromatic heterocycles. The van der Waals surface area contributed by atoms with Gasteiger partial charge in [0.1, 0.15) is 5.75 Å². The van der Waals surface area contributed by atoms with Crippen molar-refractivity contribution < 1.29 is 9.53 Å². The molecule has 1 aliphatic heterocycles. The number of nitrogens with one attached hydrogen (secondary N) is 1. The summed E-state index contributed by atoms with van der Waals surface area (Å²) in [6.07, 6.45) is 2.48. The number of hydrogen-bond donors (Lipinski definition) is 1. The van der Waals surface area contributed by atoms with E-state index in [1.807, 2.05) is 18.2 Å². The molecule has 3 rings (SSSR count). The Morgan fingerprint density at radius 1 is 1.26 bits per heavy atom. The maximum absolute atomic E-state index is 12.5. The van der Waals surface area contributed by atoms with Gasteiger partial charge in [-0.15, -0.1) is 11.3 Å². The van der Waals surface area contributed by atoms with Crippen molar-refractivity contribution in [3.8, 4) is 5.75 Å². The lowest BCUT2D eigenvalue weighted by atomic mass is 10.1. The summed E-state index contributed by atoms with van der Waals surface area (Å²) in [6, 6.07) is 11.8. The first-order valence-electron chi connectivity index (χ1n) is 7.98. The van der Waals surface area contributed by atoms with Crippen LogP contribution in [-0.2, 0) is 0 Å². The summed E-state index contributed by atoms with van der Waals surface area (Å²) in [4.78, 5) is 16.3. The Balaban J connectivity index is 1.70. The van der Waals surface area contributed by atoms with Gasteiger partial charge in [0.15, 0.2) is 0 Å². The van der Waals surface area contributed by atoms with Gasteiger partial charge in [0.2, 0.25) is 0 Å². The minimum Gasteiger partial charge on any atom is -0.496 e. The van der Waals surface area contributed by atoms with Gasteiger partial charge in [-0.3, -0.25) is 9.69 Å². The lowest BCUT2D eigenvalue weighted by molar-refractivity contribution is 0.0935. The Morgan fingerprint density at radius 2 is 2.04 bits per heavy atom. The first-order chi connectivity index (χ1) is 11.3. The van der Waals surface area contributed by atoms with Crippen molar-refractivity contribution in [2.75, 3.05) is 26.7 Å². The van der Waals surface area contributed by atoms with Crippen molar-refractivity contribution >= 4 is 17.2 Å². The number of amides is 1. The van der Waals surface area contributed by atoms with Crippen LogP contribution in [0.1, 0.15) is 34.1 Å². The molecule has 1 aromatic carbocycles. The number of ether oxygens (including phenoxy) is 1. The van der Waals surface area contributed by atoms with Gasteiger partial charge in [0, 0.05) is 11.4 Å². The summed E-state index contributed by atoms with van der Waals surface area (Å²) in [5.74, 6) is 0.530. The second-order valence-electron chi connectivity index (χ2n) is 5.68. The molecule has 0 radical (unpaired) electrons. The molecule has 1 atom stereocenters. The molecular formula is C18H22N2O2S. The summed E-state index contributed by atoms with van der Waals surface area (Å²) in [6.45, 7) is 2.83. The van der Waals surface area contributed by atoms with E-state index in [0.29, 0.717) is 17.9 Å². The number of benzene rings is 1. The summed E-state index contributed by atoms with van der Waals surface area (Å²) >= 11 is 1.76. The van der Waals surface area contributed by atoms with Crippen LogP contribution < -0.4 is 10.1 Å². The van der Waals surface area contributed by atoms with Gasteiger partial charge >= 0.3 is 0 Å². The molecule has 1 N–H and O–H groups in total. The van der Waals surface area contributed by atoms with Crippen LogP contribution in [0.5, 0.6) is 5.75 Å². The standard InChI is InChI=1S/C18H22N2O2S/c1-22-16-8-3-2-7-14(16)18(21)19-13-15(17-9-6-12-23-17)20-10-4-5-11-20/h2-3,6-9,12,15H,4-5,10-11,13H2,1H3,(H,19,21)/t15-/m0/s1. The molecule has 2 aromatic rings. The first kappa shape index (κ1) is 16.0. The fraction of sp³-hybridized carbons (Fsp3) is 0.389. The van der Waals surface area contributed by atoms with Gasteiger partial charge in [0.05, 0.1) is 18.7 Å². The van der Waals surface area contributed by atoms with E-state index in [-0.39, 0.29) is 11.9 Å². The van der Waals surface area contributed by atoms with E-state index in [0.717, 1.165) is 13.1 Å². The van der Waals surface area contributed by atoms with E-state index in [2.05, 4.69) is 27.7 Å². The zero-order valence-electron chi connectivity index (χ0n) is 13.3. The van der Waals surface area contributed by atoms with E-state index in [4.69, 9.17) is 4.74 Å². The maximum Gasteiger partial charge on any atom is 0.255 e. The molecule has 0 bridgehead atoms. The molecule has 1 fully saturated rings. The summed E-state index contributed by atoms with van der Waals surface area (Å²) in [5, 5.41) is 5.18. The molecule has 23 heavy (non-hydrogen) atoms. The van der Waals surface area contributed by atoms with Crippen molar-refractivity contribution in [3.05, 3.63) is 52.2 Å². The van der Waals surface area contributed by atoms with Crippen molar-refractivity contribution in [1.29, 1.82) is 0 Å². The topological polar surface area (TPSA) is 41.6 Å². The number of rotatable bonds is 6. The third kappa shape index (κ3) is 3.74. The molecule has 5 heteroatoms. The minimum atomic E-state index is -0.0804. The van der Waals surface area contributed by atoms with E-state index in [9.17, 15) is 4.79 Å². The van der Waals surface area contributed by atoms with Gasteiger partial charge in [-0.25, -0.2) is 0 Å². The van der Waals surface area contributed by atoms with Gasteiger partial charge in [-0.2, -0.15) is 0 Å². The zero-order valence-corrected chi connectivity index (χ0v) is 14.1. The van der Waals surface area contributed by atoms with Crippen LogP contribution in [0.2, 0.25) is 0 Å². The van der Waals surface area contributed by atoms with E-state index in [1.54, 1.807) is 24.5 Å². The van der Waals surface area contributed by atoms with E-state index < -0.39 is 0 Å². The fourth-order valence-corrected chi connectivity index (χ4v) is 3.92. The average Bonchev–Trinajstić information content (AvgIpc) is 3.29. The number of carbonyl (C=O) groups excluding carboxylic acids is 1. The minimum absolute atomic E-state index is 0.0804. The number of likely N-dealkylation sites (tertiary alicyclic amines) is 1. The van der Waals surface area contributed by atoms with Gasteiger partial charge in [-0.05, 0) is 49.5 Å². The number of thiophene rings is 1. The number of nitrogens with zero attached hydrogens (tertiary/aromatic N) is 1. The molecule has 1 amide bonds. The number of carbonyl (C=O) groups is 1. The highest BCUT2D eigenvalue weighted by atomic mass is 32.1. The smallest absolute Gasteiger partial charge is 0.255 e. The second-order valence-corrected chi connectivity index (χ2v) is 6.66. The van der Waals surface area contributed by atoms with Crippen LogP contribution in [0.25, 0.3) is 0 Å². The van der Waals surface area contributed by atoms with Crippen molar-refractivity contribution in [2.45, 2.75) is 18.9 Å². The molecule has 1 saturated heterocycles. The lowest BCUT2D eigenvalue weighted by Gasteiger charge is -2.27. The highest BCUT2D eigenvalue weighted by Gasteiger charge is 2.25. The van der Waals surface area contributed by atoms with Gasteiger partial charge in [-0.1, -0.05) is 18.2 Å². The Labute approximate surface area is 141 Å². The Kier molecular flexibility index (Phi) is 5.31. The summed E-state index contributed by atoms with van der Waals surface area (Å²) in [7, 11) is 1.59. The van der Waals surface area contributed by atoms with Crippen LogP contribution in [-0.4, -0.2) is 37.6 Å². The SMILES string of the molecule is COc1ccccc1C(=O)NC[C@@H](c1cccs1)N1CCCC1. The predicted octanol–water partition coefficient (Wildman–Crippen LogP) is 3.32. The largest absolute Gasteiger partial charge is 0.496 e. The Hall–Kier alpha value is -1.85. The zero-order chi connectivity index (χ0) is 16.1. The van der Waals surface area contributed by atoms with Crippen LogP contribution in [0.3, 0.4) is 0 Å². The third-order valence-electron chi connectivity index (χ3n) is 4.26. The molecule has 4 nitrogen and oxygen atoms in total. The van der Waals surface area contributed by atoms with Gasteiger partial charge in [0.25, 0.3) is 5.91 Å². The summed E-state index contributed by atoms with van der Waals surface area (Å²) < 4.78 is 5.28.